The van der Waals surface area contributed by atoms with Crippen LogP contribution in [0.1, 0.15) is 24.6 Å². The van der Waals surface area contributed by atoms with Crippen LogP contribution in [0.5, 0.6) is 0 Å². The Morgan fingerprint density at radius 1 is 1.50 bits per heavy atom. The Hall–Kier alpha value is -0.610. The van der Waals surface area contributed by atoms with Crippen LogP contribution >= 0.6 is 11.3 Å². The van der Waals surface area contributed by atoms with E-state index >= 15 is 0 Å². The maximum atomic E-state index is 6.03. The van der Waals surface area contributed by atoms with E-state index in [2.05, 4.69) is 18.8 Å². The first-order valence-corrected chi connectivity index (χ1v) is 5.65. The Labute approximate surface area is 88.9 Å². The standard InChI is InChI=1S/C10H17N3S/c1-10(2)7(8(10)11)6-5-12-9(14-6)13(3)4/h5,7-8H,11H2,1-4H3/t7-,8-/m1/s1. The average Bonchev–Trinajstić information content (AvgIpc) is 2.55. The molecule has 0 aromatic carbocycles. The van der Waals surface area contributed by atoms with Crippen LogP contribution in [-0.4, -0.2) is 25.1 Å². The molecular weight excluding hydrogens is 194 g/mol. The van der Waals surface area contributed by atoms with Gasteiger partial charge < -0.3 is 10.6 Å². The molecule has 2 rings (SSSR count). The molecule has 4 heteroatoms. The highest BCUT2D eigenvalue weighted by Crippen LogP contribution is 2.58. The Morgan fingerprint density at radius 3 is 2.43 bits per heavy atom. The number of nitrogens with two attached hydrogens (primary N) is 1. The van der Waals surface area contributed by atoms with Gasteiger partial charge >= 0.3 is 0 Å². The van der Waals surface area contributed by atoms with Gasteiger partial charge in [-0.15, -0.1) is 11.3 Å². The molecule has 2 atom stereocenters. The number of hydrogen-bond acceptors (Lipinski definition) is 4. The molecule has 3 nitrogen and oxygen atoms in total. The summed E-state index contributed by atoms with van der Waals surface area (Å²) < 4.78 is 0. The number of aromatic nitrogens is 1. The average molecular weight is 211 g/mol. The summed E-state index contributed by atoms with van der Waals surface area (Å²) in [5.74, 6) is 0.508. The molecule has 0 bridgehead atoms. The lowest BCUT2D eigenvalue weighted by molar-refractivity contribution is 0.601. The Bertz CT molecular complexity index is 343. The van der Waals surface area contributed by atoms with Crippen LogP contribution in [0.15, 0.2) is 6.20 Å². The molecule has 1 aromatic rings. The summed E-state index contributed by atoms with van der Waals surface area (Å²) in [6.07, 6.45) is 1.97. The molecule has 1 fully saturated rings. The van der Waals surface area contributed by atoms with E-state index in [1.54, 1.807) is 11.3 Å². The number of anilines is 1. The lowest BCUT2D eigenvalue weighted by atomic mass is 10.1. The maximum Gasteiger partial charge on any atom is 0.184 e. The van der Waals surface area contributed by atoms with Crippen LogP contribution in [0.4, 0.5) is 5.13 Å². The fourth-order valence-corrected chi connectivity index (χ4v) is 3.03. The van der Waals surface area contributed by atoms with E-state index in [4.69, 9.17) is 5.73 Å². The first kappa shape index (κ1) is 9.93. The molecule has 2 N–H and O–H groups in total. The van der Waals surface area contributed by atoms with E-state index in [9.17, 15) is 0 Å². The van der Waals surface area contributed by atoms with Crippen molar-refractivity contribution in [2.45, 2.75) is 25.8 Å². The molecule has 0 saturated heterocycles. The SMILES string of the molecule is CN(C)c1ncc([C@@H]2[C@@H](N)C2(C)C)s1. The minimum absolute atomic E-state index is 0.260. The van der Waals surface area contributed by atoms with Crippen molar-refractivity contribution in [1.82, 2.24) is 4.98 Å². The van der Waals surface area contributed by atoms with E-state index in [0.29, 0.717) is 12.0 Å². The topological polar surface area (TPSA) is 42.2 Å². The van der Waals surface area contributed by atoms with Crippen LogP contribution < -0.4 is 10.6 Å². The third-order valence-electron chi connectivity index (χ3n) is 3.11. The van der Waals surface area contributed by atoms with E-state index in [0.717, 1.165) is 5.13 Å². The fraction of sp³-hybridized carbons (Fsp3) is 0.700. The van der Waals surface area contributed by atoms with Gasteiger partial charge in [0.2, 0.25) is 0 Å². The second-order valence-electron chi connectivity index (χ2n) is 4.76. The van der Waals surface area contributed by atoms with Crippen LogP contribution in [0.2, 0.25) is 0 Å². The lowest BCUT2D eigenvalue weighted by Gasteiger charge is -2.05. The smallest absolute Gasteiger partial charge is 0.184 e. The van der Waals surface area contributed by atoms with Crippen molar-refractivity contribution in [2.75, 3.05) is 19.0 Å². The summed E-state index contributed by atoms with van der Waals surface area (Å²) in [5, 5.41) is 1.06. The van der Waals surface area contributed by atoms with Gasteiger partial charge in [-0.05, 0) is 5.41 Å². The third-order valence-corrected chi connectivity index (χ3v) is 4.36. The van der Waals surface area contributed by atoms with E-state index in [1.807, 2.05) is 25.2 Å². The van der Waals surface area contributed by atoms with Crippen molar-refractivity contribution in [2.24, 2.45) is 11.1 Å². The van der Waals surface area contributed by atoms with Crippen molar-refractivity contribution in [3.05, 3.63) is 11.1 Å². The largest absolute Gasteiger partial charge is 0.354 e. The highest BCUT2D eigenvalue weighted by atomic mass is 32.1. The van der Waals surface area contributed by atoms with Crippen LogP contribution in [-0.2, 0) is 0 Å². The van der Waals surface area contributed by atoms with Gasteiger partial charge in [0.15, 0.2) is 5.13 Å². The van der Waals surface area contributed by atoms with Gasteiger partial charge in [-0.25, -0.2) is 4.98 Å². The minimum atomic E-state index is 0.260. The lowest BCUT2D eigenvalue weighted by Crippen LogP contribution is -2.07. The van der Waals surface area contributed by atoms with Crippen molar-refractivity contribution in [1.29, 1.82) is 0 Å². The zero-order valence-corrected chi connectivity index (χ0v) is 9.93. The van der Waals surface area contributed by atoms with Crippen molar-refractivity contribution < 1.29 is 0 Å². The van der Waals surface area contributed by atoms with Gasteiger partial charge in [0, 0.05) is 37.1 Å². The molecule has 0 radical (unpaired) electrons. The predicted molar refractivity (Wildman–Crippen MR) is 60.9 cm³/mol. The first-order chi connectivity index (χ1) is 6.44. The number of hydrogen-bond donors (Lipinski definition) is 1. The number of rotatable bonds is 2. The minimum Gasteiger partial charge on any atom is -0.354 e. The molecule has 0 amide bonds. The number of thiazole rings is 1. The van der Waals surface area contributed by atoms with Gasteiger partial charge in [-0.3, -0.25) is 0 Å². The summed E-state index contributed by atoms with van der Waals surface area (Å²) in [4.78, 5) is 7.73. The second-order valence-corrected chi connectivity index (χ2v) is 5.81. The van der Waals surface area contributed by atoms with Crippen molar-refractivity contribution in [3.8, 4) is 0 Å². The zero-order valence-electron chi connectivity index (χ0n) is 9.11. The summed E-state index contributed by atoms with van der Waals surface area (Å²) in [5.41, 5.74) is 6.29. The zero-order chi connectivity index (χ0) is 10.5. The molecule has 0 spiro atoms. The van der Waals surface area contributed by atoms with Gasteiger partial charge in [-0.1, -0.05) is 13.8 Å². The number of nitrogens with zero attached hydrogens (tertiary/aromatic N) is 2. The quantitative estimate of drug-likeness (QED) is 0.809. The first-order valence-electron chi connectivity index (χ1n) is 4.83. The van der Waals surface area contributed by atoms with Gasteiger partial charge in [0.05, 0.1) is 0 Å². The Kier molecular flexibility index (Phi) is 2.08. The molecule has 78 valence electrons. The molecule has 1 aliphatic rings. The molecule has 1 saturated carbocycles. The van der Waals surface area contributed by atoms with Crippen LogP contribution in [0.3, 0.4) is 0 Å². The van der Waals surface area contributed by atoms with Crippen LogP contribution in [0.25, 0.3) is 0 Å². The van der Waals surface area contributed by atoms with E-state index < -0.39 is 0 Å². The Morgan fingerprint density at radius 2 is 2.07 bits per heavy atom. The molecule has 14 heavy (non-hydrogen) atoms. The van der Waals surface area contributed by atoms with Crippen LogP contribution in [0, 0.1) is 5.41 Å². The second kappa shape index (κ2) is 2.94. The van der Waals surface area contributed by atoms with E-state index in [1.165, 1.54) is 4.88 Å². The third kappa shape index (κ3) is 1.33. The van der Waals surface area contributed by atoms with E-state index in [-0.39, 0.29) is 5.41 Å². The molecule has 1 heterocycles. The summed E-state index contributed by atoms with van der Waals surface area (Å²) in [6, 6.07) is 0.304. The molecule has 1 aromatic heterocycles. The van der Waals surface area contributed by atoms with Crippen molar-refractivity contribution in [3.63, 3.8) is 0 Å². The molecule has 1 aliphatic carbocycles. The highest BCUT2D eigenvalue weighted by Gasteiger charge is 2.57. The Balaban J connectivity index is 2.20. The summed E-state index contributed by atoms with van der Waals surface area (Å²) >= 11 is 1.75. The predicted octanol–water partition coefficient (Wildman–Crippen LogP) is 1.66. The maximum absolute atomic E-state index is 6.03. The fourth-order valence-electron chi connectivity index (χ4n) is 1.85. The summed E-state index contributed by atoms with van der Waals surface area (Å²) in [7, 11) is 4.03. The van der Waals surface area contributed by atoms with Gasteiger partial charge in [-0.2, -0.15) is 0 Å². The normalized spacial score (nSPS) is 28.9. The summed E-state index contributed by atoms with van der Waals surface area (Å²) in [6.45, 7) is 4.44. The van der Waals surface area contributed by atoms with Gasteiger partial charge in [0.1, 0.15) is 0 Å². The highest BCUT2D eigenvalue weighted by molar-refractivity contribution is 7.15. The van der Waals surface area contributed by atoms with Crippen molar-refractivity contribution >= 4 is 16.5 Å². The molecular formula is C10H17N3S. The monoisotopic (exact) mass is 211 g/mol. The molecule has 0 aliphatic heterocycles. The molecule has 0 unspecified atom stereocenters. The van der Waals surface area contributed by atoms with Gasteiger partial charge in [0.25, 0.3) is 0 Å².